The highest BCUT2D eigenvalue weighted by Gasteiger charge is 2.39. The van der Waals surface area contributed by atoms with Crippen LogP contribution in [0.3, 0.4) is 0 Å². The van der Waals surface area contributed by atoms with E-state index in [1.54, 1.807) is 17.7 Å². The molecule has 146 valence electrons. The topological polar surface area (TPSA) is 87.8 Å². The number of nitrogens with one attached hydrogen (secondary N) is 1. The predicted molar refractivity (Wildman–Crippen MR) is 106 cm³/mol. The molecule has 0 aliphatic heterocycles. The van der Waals surface area contributed by atoms with Gasteiger partial charge < -0.3 is 9.88 Å². The molecule has 3 unspecified atom stereocenters. The molecule has 4 rings (SSSR count). The summed E-state index contributed by atoms with van der Waals surface area (Å²) in [5, 5.41) is 12.5. The maximum Gasteiger partial charge on any atom is 0.227 e. The van der Waals surface area contributed by atoms with Crippen LogP contribution in [0.25, 0.3) is 11.0 Å². The minimum absolute atomic E-state index is 0.0368. The summed E-state index contributed by atoms with van der Waals surface area (Å²) in [6, 6.07) is 12.9. The zero-order valence-corrected chi connectivity index (χ0v) is 16.0. The quantitative estimate of drug-likeness (QED) is 0.671. The van der Waals surface area contributed by atoms with Crippen molar-refractivity contribution >= 4 is 28.4 Å². The number of aryl methyl sites for hydroxylation is 1. The summed E-state index contributed by atoms with van der Waals surface area (Å²) in [5.41, 5.74) is 1.62. The highest BCUT2D eigenvalue weighted by molar-refractivity contribution is 6.09. The van der Waals surface area contributed by atoms with Crippen LogP contribution >= 0.6 is 0 Å². The molecule has 1 fully saturated rings. The summed E-state index contributed by atoms with van der Waals surface area (Å²) in [6.07, 6.45) is 0.789. The van der Waals surface area contributed by atoms with Crippen molar-refractivity contribution in [3.8, 4) is 6.07 Å². The largest absolute Gasteiger partial charge is 0.330 e. The number of nitriles is 1. The molecule has 1 saturated carbocycles. The Morgan fingerprint density at radius 1 is 1.31 bits per heavy atom. The Balaban J connectivity index is 1.72. The minimum atomic E-state index is -1.23. The summed E-state index contributed by atoms with van der Waals surface area (Å²) in [4.78, 5) is 30.0. The number of hydrogen-bond donors (Lipinski definition) is 1. The molecule has 1 aromatic heterocycles. The zero-order chi connectivity index (χ0) is 20.7. The number of carbonyl (C=O) groups is 2. The highest BCUT2D eigenvalue weighted by atomic mass is 19.1. The lowest BCUT2D eigenvalue weighted by Crippen LogP contribution is -2.20. The van der Waals surface area contributed by atoms with Gasteiger partial charge in [-0.05, 0) is 42.7 Å². The lowest BCUT2D eigenvalue weighted by molar-refractivity contribution is -0.117. The molecule has 29 heavy (non-hydrogen) atoms. The van der Waals surface area contributed by atoms with Crippen molar-refractivity contribution in [3.05, 3.63) is 59.7 Å². The normalized spacial score (nSPS) is 18.8. The van der Waals surface area contributed by atoms with E-state index in [-0.39, 0.29) is 28.9 Å². The van der Waals surface area contributed by atoms with Gasteiger partial charge in [0.2, 0.25) is 5.91 Å². The van der Waals surface area contributed by atoms with E-state index in [4.69, 9.17) is 0 Å². The number of anilines is 1. The number of rotatable bonds is 5. The number of hydrogen-bond acceptors (Lipinski definition) is 4. The number of fused-ring (bicyclic) bond motifs is 1. The van der Waals surface area contributed by atoms with Crippen molar-refractivity contribution < 1.29 is 14.0 Å². The summed E-state index contributed by atoms with van der Waals surface area (Å²) in [6.45, 7) is 1.97. The lowest BCUT2D eigenvalue weighted by Gasteiger charge is -2.13. The predicted octanol–water partition coefficient (Wildman–Crippen LogP) is 3.80. The number of para-hydroxylation sites is 2. The molecule has 1 N–H and O–H groups in total. The molecule has 7 heteroatoms. The van der Waals surface area contributed by atoms with Crippen LogP contribution in [0.15, 0.2) is 42.5 Å². The number of amides is 1. The number of imidazole rings is 1. The highest BCUT2D eigenvalue weighted by Crippen LogP contribution is 2.39. The van der Waals surface area contributed by atoms with Gasteiger partial charge in [-0.2, -0.15) is 5.26 Å². The van der Waals surface area contributed by atoms with Crippen molar-refractivity contribution in [3.63, 3.8) is 0 Å². The van der Waals surface area contributed by atoms with Crippen LogP contribution < -0.4 is 5.32 Å². The number of Topliss-reactive ketones (excluding diaryl/α,β-unsaturated/α-hetero) is 1. The summed E-state index contributed by atoms with van der Waals surface area (Å²) in [7, 11) is 1.73. The van der Waals surface area contributed by atoms with E-state index in [1.165, 1.54) is 12.1 Å². The number of benzene rings is 2. The molecular weight excluding hydrogens is 371 g/mol. The van der Waals surface area contributed by atoms with Crippen molar-refractivity contribution in [2.45, 2.75) is 19.3 Å². The number of aromatic nitrogens is 2. The van der Waals surface area contributed by atoms with E-state index in [9.17, 15) is 19.2 Å². The Hall–Kier alpha value is -3.53. The monoisotopic (exact) mass is 390 g/mol. The molecule has 1 aliphatic carbocycles. The van der Waals surface area contributed by atoms with Gasteiger partial charge in [-0.1, -0.05) is 19.1 Å². The Labute approximate surface area is 167 Å². The van der Waals surface area contributed by atoms with E-state index in [0.29, 0.717) is 11.4 Å². The van der Waals surface area contributed by atoms with Crippen LogP contribution in [0.4, 0.5) is 10.1 Å². The second-order valence-corrected chi connectivity index (χ2v) is 7.44. The average molecular weight is 390 g/mol. The van der Waals surface area contributed by atoms with Crippen LogP contribution in [-0.2, 0) is 11.8 Å². The third-order valence-corrected chi connectivity index (χ3v) is 5.42. The number of nitrogens with zero attached hydrogens (tertiary/aromatic N) is 3. The fourth-order valence-corrected chi connectivity index (χ4v) is 3.55. The Kier molecular flexibility index (Phi) is 4.63. The number of carbonyl (C=O) groups excluding carboxylic acids is 2. The first kappa shape index (κ1) is 18.8. The average Bonchev–Trinajstić information content (AvgIpc) is 3.36. The third-order valence-electron chi connectivity index (χ3n) is 5.42. The van der Waals surface area contributed by atoms with Crippen LogP contribution in [-0.4, -0.2) is 21.2 Å². The molecule has 2 aromatic carbocycles. The van der Waals surface area contributed by atoms with Gasteiger partial charge in [0.05, 0.1) is 22.8 Å². The minimum Gasteiger partial charge on any atom is -0.330 e. The van der Waals surface area contributed by atoms with Crippen molar-refractivity contribution in [2.75, 3.05) is 5.32 Å². The van der Waals surface area contributed by atoms with Gasteiger partial charge in [-0.3, -0.25) is 9.59 Å². The molecule has 1 heterocycles. The van der Waals surface area contributed by atoms with Gasteiger partial charge >= 0.3 is 0 Å². The van der Waals surface area contributed by atoms with Crippen LogP contribution in [0.5, 0.6) is 0 Å². The fraction of sp³-hybridized carbons (Fsp3) is 0.273. The Morgan fingerprint density at radius 3 is 2.69 bits per heavy atom. The van der Waals surface area contributed by atoms with Crippen molar-refractivity contribution in [2.24, 2.45) is 18.9 Å². The molecule has 1 amide bonds. The van der Waals surface area contributed by atoms with Crippen LogP contribution in [0.1, 0.15) is 35.4 Å². The SMILES string of the molecule is CC1CC1C(=O)Nc1ccc(F)cc1C(=O)C(C#N)c1nc2ccccc2n1C. The summed E-state index contributed by atoms with van der Waals surface area (Å²) in [5.74, 6) is -2.19. The number of halogens is 1. The van der Waals surface area contributed by atoms with Gasteiger partial charge in [-0.15, -0.1) is 0 Å². The standard InChI is InChI=1S/C22H19FN4O2/c1-12-9-14(12)22(29)26-17-8-7-13(23)10-15(17)20(28)16(11-24)21-25-18-5-3-4-6-19(18)27(21)2/h3-8,10,12,14,16H,9H2,1-2H3,(H,26,29). The second-order valence-electron chi connectivity index (χ2n) is 7.44. The van der Waals surface area contributed by atoms with Gasteiger partial charge in [0.1, 0.15) is 11.6 Å². The molecule has 6 nitrogen and oxygen atoms in total. The zero-order valence-electron chi connectivity index (χ0n) is 16.0. The van der Waals surface area contributed by atoms with Crippen LogP contribution in [0.2, 0.25) is 0 Å². The Bertz CT molecular complexity index is 1180. The van der Waals surface area contributed by atoms with Gasteiger partial charge in [-0.25, -0.2) is 9.37 Å². The van der Waals surface area contributed by atoms with E-state index in [2.05, 4.69) is 10.3 Å². The molecule has 3 atom stereocenters. The summed E-state index contributed by atoms with van der Waals surface area (Å²) >= 11 is 0. The smallest absolute Gasteiger partial charge is 0.227 e. The maximum atomic E-state index is 13.9. The summed E-state index contributed by atoms with van der Waals surface area (Å²) < 4.78 is 15.6. The first-order valence-corrected chi connectivity index (χ1v) is 9.36. The molecule has 0 radical (unpaired) electrons. The van der Waals surface area contributed by atoms with E-state index < -0.39 is 17.5 Å². The van der Waals surface area contributed by atoms with Crippen molar-refractivity contribution in [1.29, 1.82) is 5.26 Å². The van der Waals surface area contributed by atoms with E-state index in [0.717, 1.165) is 18.0 Å². The first-order valence-electron chi connectivity index (χ1n) is 9.36. The number of ketones is 1. The second kappa shape index (κ2) is 7.13. The lowest BCUT2D eigenvalue weighted by atomic mass is 9.96. The van der Waals surface area contributed by atoms with E-state index >= 15 is 0 Å². The third kappa shape index (κ3) is 3.38. The molecule has 0 bridgehead atoms. The maximum absolute atomic E-state index is 13.9. The van der Waals surface area contributed by atoms with Crippen molar-refractivity contribution in [1.82, 2.24) is 9.55 Å². The van der Waals surface area contributed by atoms with Crippen LogP contribution in [0, 0.1) is 29.0 Å². The molecule has 0 saturated heterocycles. The fourth-order valence-electron chi connectivity index (χ4n) is 3.55. The van der Waals surface area contributed by atoms with Gasteiger partial charge in [0.15, 0.2) is 11.7 Å². The molecule has 1 aliphatic rings. The molecule has 0 spiro atoms. The Morgan fingerprint density at radius 2 is 2.03 bits per heavy atom. The van der Waals surface area contributed by atoms with E-state index in [1.807, 2.05) is 31.2 Å². The van der Waals surface area contributed by atoms with Gasteiger partial charge in [0, 0.05) is 18.5 Å². The first-order chi connectivity index (χ1) is 13.9. The molecule has 3 aromatic rings. The van der Waals surface area contributed by atoms with Gasteiger partial charge in [0.25, 0.3) is 0 Å². The molecular formula is C22H19FN4O2.